The molecule has 0 spiro atoms. The predicted octanol–water partition coefficient (Wildman–Crippen LogP) is 6.88. The van der Waals surface area contributed by atoms with Crippen LogP contribution in [0.25, 0.3) is 0 Å². The smallest absolute Gasteiger partial charge is 0.340 e. The normalized spacial score (nSPS) is 13.7. The van der Waals surface area contributed by atoms with Crippen LogP contribution in [0, 0.1) is 0 Å². The molecule has 70 heavy (non-hydrogen) atoms. The van der Waals surface area contributed by atoms with Crippen LogP contribution >= 0.6 is 0 Å². The van der Waals surface area contributed by atoms with Gasteiger partial charge in [0.2, 0.25) is 0 Å². The second-order valence-electron chi connectivity index (χ2n) is 17.1. The number of aliphatic hydroxyl groups excluding tert-OH is 2. The molecule has 5 rings (SSSR count). The monoisotopic (exact) mass is 971 g/mol. The molecule has 2 aromatic heterocycles. The lowest BCUT2D eigenvalue weighted by Crippen LogP contribution is -2.24. The molecule has 0 saturated carbocycles. The van der Waals surface area contributed by atoms with E-state index in [1.54, 1.807) is 27.7 Å². The summed E-state index contributed by atoms with van der Waals surface area (Å²) in [4.78, 5) is 62.4. The van der Waals surface area contributed by atoms with Gasteiger partial charge in [-0.1, -0.05) is 41.5 Å². The van der Waals surface area contributed by atoms with Gasteiger partial charge in [-0.2, -0.15) is 0 Å². The summed E-state index contributed by atoms with van der Waals surface area (Å²) in [6, 6.07) is 0. The van der Waals surface area contributed by atoms with Gasteiger partial charge < -0.3 is 60.4 Å². The Morgan fingerprint density at radius 1 is 0.343 bits per heavy atom. The van der Waals surface area contributed by atoms with Crippen molar-refractivity contribution in [1.82, 2.24) is 31.2 Å². The number of H-pyrrole nitrogens is 2. The number of nitrogens with one attached hydrogen (secondary N) is 6. The quantitative estimate of drug-likeness (QED) is 0.0424. The van der Waals surface area contributed by atoms with Crippen molar-refractivity contribution in [3.8, 4) is 0 Å². The molecule has 8 N–H and O–H groups in total. The Kier molecular flexibility index (Phi) is 21.2. The molecular formula is C54H78N6O10. The van der Waals surface area contributed by atoms with E-state index in [1.165, 1.54) is 0 Å². The van der Waals surface area contributed by atoms with E-state index >= 15 is 0 Å². The molecule has 0 aliphatic carbocycles. The number of aliphatic hydroxyl groups is 2. The lowest BCUT2D eigenvalue weighted by Gasteiger charge is -2.26. The Bertz CT molecular complexity index is 2170. The van der Waals surface area contributed by atoms with Gasteiger partial charge in [-0.05, 0) is 133 Å². The summed E-state index contributed by atoms with van der Waals surface area (Å²) in [5, 5.41) is 36.3. The zero-order valence-electron chi connectivity index (χ0n) is 43.3. The van der Waals surface area contributed by atoms with Gasteiger partial charge in [0, 0.05) is 75.1 Å². The molecule has 384 valence electrons. The predicted molar refractivity (Wildman–Crippen MR) is 269 cm³/mol. The highest BCUT2D eigenvalue weighted by molar-refractivity contribution is 6.06. The number of aromatic nitrogens is 2. The molecular weight excluding hydrogens is 893 g/mol. The number of aromatic amines is 2. The van der Waals surface area contributed by atoms with Crippen LogP contribution in [0.15, 0.2) is 0 Å². The summed E-state index contributed by atoms with van der Waals surface area (Å²) in [6.07, 6.45) is 4.03. The molecule has 2 aromatic carbocycles. The van der Waals surface area contributed by atoms with Gasteiger partial charge in [0.1, 0.15) is 0 Å². The van der Waals surface area contributed by atoms with Crippen LogP contribution in [-0.2, 0) is 123 Å². The minimum absolute atomic E-state index is 0.107. The fraction of sp³-hybridized carbons (Fsp3) is 0.556. The van der Waals surface area contributed by atoms with E-state index in [0.717, 1.165) is 66.8 Å². The summed E-state index contributed by atoms with van der Waals surface area (Å²) < 4.78 is 22.3. The second-order valence-corrected chi connectivity index (χ2v) is 17.1. The van der Waals surface area contributed by atoms with Gasteiger partial charge in [0.05, 0.1) is 61.9 Å². The SMILES string of the molecule is CCOC(=O)c1c2[nH]c(c1C(=O)OCC)CNCc1c(CC)c(CO)c(CC)c(c1CC)CNCc1[nH]c(c(C(=O)OCC)c1C(=O)OCC)CNCc1c(CC)c(CO)c(CC)c(c1CC)CNC2. The lowest BCUT2D eigenvalue weighted by molar-refractivity contribution is 0.0478. The Morgan fingerprint density at radius 2 is 0.557 bits per heavy atom. The summed E-state index contributed by atoms with van der Waals surface area (Å²) in [7, 11) is 0. The van der Waals surface area contributed by atoms with Crippen molar-refractivity contribution in [2.24, 2.45) is 0 Å². The highest BCUT2D eigenvalue weighted by Gasteiger charge is 2.32. The van der Waals surface area contributed by atoms with Crippen LogP contribution in [0.3, 0.4) is 0 Å². The summed E-state index contributed by atoms with van der Waals surface area (Å²) in [5.41, 5.74) is 14.7. The van der Waals surface area contributed by atoms with Gasteiger partial charge in [-0.3, -0.25) is 0 Å². The van der Waals surface area contributed by atoms with Gasteiger partial charge in [-0.15, -0.1) is 0 Å². The van der Waals surface area contributed by atoms with E-state index in [0.29, 0.717) is 87.5 Å². The van der Waals surface area contributed by atoms with Crippen LogP contribution in [0.4, 0.5) is 0 Å². The molecule has 3 heterocycles. The first-order chi connectivity index (χ1) is 33.9. The molecule has 0 saturated heterocycles. The van der Waals surface area contributed by atoms with Crippen LogP contribution < -0.4 is 21.3 Å². The molecule has 1 aliphatic heterocycles. The van der Waals surface area contributed by atoms with E-state index in [9.17, 15) is 29.4 Å². The number of benzene rings is 2. The third kappa shape index (κ3) is 11.7. The number of rotatable bonds is 16. The summed E-state index contributed by atoms with van der Waals surface area (Å²) in [5.74, 6) is -2.54. The molecule has 16 heteroatoms. The number of esters is 4. The molecule has 0 radical (unpaired) electrons. The zero-order valence-corrected chi connectivity index (χ0v) is 43.3. The molecule has 8 bridgehead atoms. The molecule has 4 aromatic rings. The van der Waals surface area contributed by atoms with E-state index < -0.39 is 23.9 Å². The maximum Gasteiger partial charge on any atom is 0.340 e. The number of hydrogen-bond donors (Lipinski definition) is 8. The number of hydrogen-bond acceptors (Lipinski definition) is 14. The van der Waals surface area contributed by atoms with Crippen molar-refractivity contribution in [3.63, 3.8) is 0 Å². The fourth-order valence-electron chi connectivity index (χ4n) is 10.7. The van der Waals surface area contributed by atoms with Gasteiger partial charge >= 0.3 is 23.9 Å². The van der Waals surface area contributed by atoms with Crippen molar-refractivity contribution < 1.29 is 48.3 Å². The van der Waals surface area contributed by atoms with Crippen molar-refractivity contribution in [1.29, 1.82) is 0 Å². The third-order valence-corrected chi connectivity index (χ3v) is 13.5. The largest absolute Gasteiger partial charge is 0.462 e. The van der Waals surface area contributed by atoms with Gasteiger partial charge in [0.15, 0.2) is 0 Å². The minimum Gasteiger partial charge on any atom is -0.462 e. The Balaban J connectivity index is 1.77. The van der Waals surface area contributed by atoms with Gasteiger partial charge in [0.25, 0.3) is 0 Å². The van der Waals surface area contributed by atoms with E-state index in [2.05, 4.69) is 72.8 Å². The number of ether oxygens (including phenoxy) is 4. The maximum absolute atomic E-state index is 13.9. The van der Waals surface area contributed by atoms with Crippen molar-refractivity contribution in [2.45, 2.75) is 173 Å². The highest BCUT2D eigenvalue weighted by Crippen LogP contribution is 2.34. The molecule has 16 nitrogen and oxygen atoms in total. The van der Waals surface area contributed by atoms with Crippen molar-refractivity contribution in [2.75, 3.05) is 26.4 Å². The minimum atomic E-state index is -0.634. The van der Waals surface area contributed by atoms with E-state index in [4.69, 9.17) is 18.9 Å². The van der Waals surface area contributed by atoms with Crippen LogP contribution in [0.2, 0.25) is 0 Å². The first-order valence-corrected chi connectivity index (χ1v) is 25.5. The van der Waals surface area contributed by atoms with E-state index in [1.807, 2.05) is 0 Å². The van der Waals surface area contributed by atoms with E-state index in [-0.39, 0.29) is 88.1 Å². The number of fused-ring (bicyclic) bond motifs is 8. The molecule has 0 amide bonds. The summed E-state index contributed by atoms with van der Waals surface area (Å²) in [6.45, 7) is 21.8. The maximum atomic E-state index is 13.9. The summed E-state index contributed by atoms with van der Waals surface area (Å²) >= 11 is 0. The third-order valence-electron chi connectivity index (χ3n) is 13.5. The zero-order chi connectivity index (χ0) is 51.1. The van der Waals surface area contributed by atoms with Crippen LogP contribution in [0.5, 0.6) is 0 Å². The second kappa shape index (κ2) is 26.7. The molecule has 0 unspecified atom stereocenters. The van der Waals surface area contributed by atoms with Crippen molar-refractivity contribution >= 4 is 23.9 Å². The average Bonchev–Trinajstić information content (AvgIpc) is 3.91. The Hall–Kier alpha value is -5.36. The van der Waals surface area contributed by atoms with Crippen molar-refractivity contribution in [3.05, 3.63) is 112 Å². The topological polar surface area (TPSA) is 225 Å². The number of carbonyl (C=O) groups excluding carboxylic acids is 4. The van der Waals surface area contributed by atoms with Crippen LogP contribution in [0.1, 0.15) is 200 Å². The fourth-order valence-corrected chi connectivity index (χ4v) is 10.7. The van der Waals surface area contributed by atoms with Gasteiger partial charge in [-0.25, -0.2) is 19.2 Å². The first kappa shape index (κ1) is 55.6. The Morgan fingerprint density at radius 3 is 0.729 bits per heavy atom. The lowest BCUT2D eigenvalue weighted by atomic mass is 9.83. The average molecular weight is 971 g/mol. The molecule has 1 aliphatic rings. The standard InChI is InChI=1S/C54H78N6O10/c1-11-31-37-21-55-25-43-47(51(63)67-17-7)49(53(65)69-19-9)45(59-43)27-57-23-39-32(12-2)40(36(16-6)42(30-62)35(39)15-5)24-58-28-46-50(54(66)70-20-10)48(52(64)68-18-8)44(60-46)26-56-22-38(31)34(14-4)41(29-61)33(37)13-3/h55-62H,11-30H2,1-10H3. The Labute approximate surface area is 413 Å². The molecule has 0 atom stereocenters. The molecule has 0 fully saturated rings. The highest BCUT2D eigenvalue weighted by atomic mass is 16.5. The van der Waals surface area contributed by atoms with Crippen LogP contribution in [-0.4, -0.2) is 70.5 Å². The first-order valence-electron chi connectivity index (χ1n) is 25.5. The number of carbonyl (C=O) groups is 4.